The van der Waals surface area contributed by atoms with Crippen LogP contribution >= 0.6 is 0 Å². The molecule has 0 aromatic carbocycles. The molecule has 0 spiro atoms. The number of rotatable bonds is 15. The normalized spacial score (nSPS) is 24.7. The molecule has 4 amide bonds. The zero-order chi connectivity index (χ0) is 23.5. The number of hydrogen-bond donors (Lipinski definition) is 3. The van der Waals surface area contributed by atoms with Crippen LogP contribution in [-0.2, 0) is 9.53 Å². The van der Waals surface area contributed by atoms with E-state index in [4.69, 9.17) is 4.74 Å². The molecule has 0 aliphatic carbocycles. The van der Waals surface area contributed by atoms with Crippen LogP contribution in [0.25, 0.3) is 0 Å². The maximum atomic E-state index is 12.6. The lowest BCUT2D eigenvalue weighted by molar-refractivity contribution is -0.146. The molecule has 0 saturated carbocycles. The van der Waals surface area contributed by atoms with Crippen molar-refractivity contribution in [1.82, 2.24) is 15.1 Å². The maximum Gasteiger partial charge on any atom is 0.328 e. The van der Waals surface area contributed by atoms with Gasteiger partial charge in [-0.3, -0.25) is 15.0 Å². The van der Waals surface area contributed by atoms with Gasteiger partial charge in [-0.15, -0.1) is 0 Å². The van der Waals surface area contributed by atoms with E-state index >= 15 is 0 Å². The number of urea groups is 2. The number of Topliss-reactive ketones (excluding diaryl/α,β-unsaturated/α-hetero) is 1. The Balaban J connectivity index is 1.73. The number of imide groups is 1. The fourth-order valence-electron chi connectivity index (χ4n) is 4.30. The maximum absolute atomic E-state index is 12.6. The number of aliphatic hydroxyl groups excluding tert-OH is 2. The molecule has 9 heteroatoms. The van der Waals surface area contributed by atoms with E-state index in [2.05, 4.69) is 12.2 Å². The van der Waals surface area contributed by atoms with Gasteiger partial charge in [0.2, 0.25) is 0 Å². The van der Waals surface area contributed by atoms with Crippen molar-refractivity contribution in [3.05, 3.63) is 0 Å². The lowest BCUT2D eigenvalue weighted by atomic mass is 9.99. The largest absolute Gasteiger partial charge is 0.390 e. The van der Waals surface area contributed by atoms with Crippen molar-refractivity contribution in [3.8, 4) is 0 Å². The Kier molecular flexibility index (Phi) is 11.4. The predicted octanol–water partition coefficient (Wildman–Crippen LogP) is 3.13. The molecule has 3 N–H and O–H groups in total. The number of carbonyl (C=O) groups is 3. The molecular weight excluding hydrogens is 414 g/mol. The van der Waals surface area contributed by atoms with Crippen LogP contribution < -0.4 is 5.32 Å². The van der Waals surface area contributed by atoms with E-state index in [0.717, 1.165) is 25.7 Å². The molecule has 1 unspecified atom stereocenters. The summed E-state index contributed by atoms with van der Waals surface area (Å²) in [4.78, 5) is 39.5. The minimum absolute atomic E-state index is 0.0395. The molecule has 0 radical (unpaired) electrons. The summed E-state index contributed by atoms with van der Waals surface area (Å²) in [5.41, 5.74) is 0. The number of carbonyl (C=O) groups excluding carboxylic acids is 3. The van der Waals surface area contributed by atoms with Crippen LogP contribution in [-0.4, -0.2) is 75.6 Å². The number of ether oxygens (including phenoxy) is 1. The van der Waals surface area contributed by atoms with Crippen molar-refractivity contribution >= 4 is 17.8 Å². The van der Waals surface area contributed by atoms with Crippen molar-refractivity contribution in [2.45, 2.75) is 115 Å². The average molecular weight is 456 g/mol. The molecule has 2 heterocycles. The van der Waals surface area contributed by atoms with E-state index in [1.807, 2.05) is 6.92 Å². The monoisotopic (exact) mass is 455 g/mol. The zero-order valence-electron chi connectivity index (χ0n) is 19.6. The van der Waals surface area contributed by atoms with Crippen LogP contribution in [0.5, 0.6) is 0 Å². The third kappa shape index (κ3) is 7.71. The minimum atomic E-state index is -1.19. The topological polar surface area (TPSA) is 119 Å². The van der Waals surface area contributed by atoms with Crippen LogP contribution in [0.3, 0.4) is 0 Å². The number of nitrogens with zero attached hydrogens (tertiary/aromatic N) is 2. The summed E-state index contributed by atoms with van der Waals surface area (Å²) in [5, 5.41) is 22.9. The Morgan fingerprint density at radius 1 is 1.03 bits per heavy atom. The molecule has 0 aromatic heterocycles. The standard InChI is InChI=1S/C23H41N3O6/c1-3-5-6-7-8-9-10-11-12-13-17(27)20(29)21-18(28)15-19(32-21)26-16-25(14-4-2)22(30)24-23(26)31/h17-19,21,27-28H,3-16H2,1-2H3,(H,24,30,31)/t17?,18-,19+,21-/m0/s1. The van der Waals surface area contributed by atoms with Gasteiger partial charge < -0.3 is 19.8 Å². The van der Waals surface area contributed by atoms with Gasteiger partial charge in [-0.05, 0) is 12.8 Å². The first kappa shape index (κ1) is 26.5. The number of nitrogens with one attached hydrogen (secondary N) is 1. The highest BCUT2D eigenvalue weighted by Crippen LogP contribution is 2.27. The summed E-state index contributed by atoms with van der Waals surface area (Å²) in [6, 6.07) is -1.07. The van der Waals surface area contributed by atoms with Gasteiger partial charge in [-0.2, -0.15) is 0 Å². The van der Waals surface area contributed by atoms with Gasteiger partial charge in [0.15, 0.2) is 5.78 Å². The second-order valence-electron chi connectivity index (χ2n) is 8.96. The second kappa shape index (κ2) is 13.7. The van der Waals surface area contributed by atoms with Gasteiger partial charge in [-0.1, -0.05) is 71.6 Å². The molecule has 2 aliphatic rings. The first-order valence-corrected chi connectivity index (χ1v) is 12.3. The Morgan fingerprint density at radius 2 is 1.66 bits per heavy atom. The highest BCUT2D eigenvalue weighted by atomic mass is 16.5. The van der Waals surface area contributed by atoms with Gasteiger partial charge in [-0.25, -0.2) is 9.59 Å². The molecule has 2 rings (SSSR count). The highest BCUT2D eigenvalue weighted by molar-refractivity contribution is 5.95. The first-order valence-electron chi connectivity index (χ1n) is 12.3. The van der Waals surface area contributed by atoms with Crippen LogP contribution in [0.2, 0.25) is 0 Å². The molecule has 0 aromatic rings. The lowest BCUT2D eigenvalue weighted by Crippen LogP contribution is -2.61. The zero-order valence-corrected chi connectivity index (χ0v) is 19.6. The fraction of sp³-hybridized carbons (Fsp3) is 0.870. The summed E-state index contributed by atoms with van der Waals surface area (Å²) >= 11 is 0. The first-order chi connectivity index (χ1) is 15.4. The number of unbranched alkanes of at least 4 members (excludes halogenated alkanes) is 8. The third-order valence-corrected chi connectivity index (χ3v) is 6.21. The Hall–Kier alpha value is -1.71. The molecule has 184 valence electrons. The van der Waals surface area contributed by atoms with Crippen LogP contribution in [0.1, 0.15) is 90.9 Å². The van der Waals surface area contributed by atoms with Crippen molar-refractivity contribution in [2.24, 2.45) is 0 Å². The summed E-state index contributed by atoms with van der Waals surface area (Å²) in [7, 11) is 0. The van der Waals surface area contributed by atoms with Gasteiger partial charge in [0, 0.05) is 13.0 Å². The molecule has 2 aliphatic heterocycles. The Bertz CT molecular complexity index is 617. The van der Waals surface area contributed by atoms with E-state index in [-0.39, 0.29) is 13.1 Å². The van der Waals surface area contributed by atoms with Gasteiger partial charge >= 0.3 is 12.1 Å². The molecule has 4 atom stereocenters. The van der Waals surface area contributed by atoms with Crippen molar-refractivity contribution in [2.75, 3.05) is 13.2 Å². The molecule has 9 nitrogen and oxygen atoms in total. The summed E-state index contributed by atoms with van der Waals surface area (Å²) in [6.45, 7) is 4.64. The summed E-state index contributed by atoms with van der Waals surface area (Å²) in [6.07, 6.45) is 7.16. The minimum Gasteiger partial charge on any atom is -0.390 e. The number of hydrogen-bond acceptors (Lipinski definition) is 6. The van der Waals surface area contributed by atoms with Crippen molar-refractivity contribution < 1.29 is 29.3 Å². The highest BCUT2D eigenvalue weighted by Gasteiger charge is 2.46. The van der Waals surface area contributed by atoms with E-state index < -0.39 is 42.4 Å². The van der Waals surface area contributed by atoms with Crippen molar-refractivity contribution in [3.63, 3.8) is 0 Å². The molecule has 32 heavy (non-hydrogen) atoms. The number of amides is 4. The summed E-state index contributed by atoms with van der Waals surface area (Å²) < 4.78 is 5.69. The third-order valence-electron chi connectivity index (χ3n) is 6.21. The SMILES string of the molecule is CCCCCCCCCCCC(O)C(=O)[C@H]1O[C@@H](N2CN(CCC)C(=O)NC2=O)C[C@@H]1O. The Morgan fingerprint density at radius 3 is 2.28 bits per heavy atom. The van der Waals surface area contributed by atoms with E-state index in [0.29, 0.717) is 13.0 Å². The van der Waals surface area contributed by atoms with E-state index in [9.17, 15) is 24.6 Å². The molecule has 0 bridgehead atoms. The Labute approximate surface area is 191 Å². The van der Waals surface area contributed by atoms with Crippen LogP contribution in [0.4, 0.5) is 9.59 Å². The van der Waals surface area contributed by atoms with Crippen LogP contribution in [0.15, 0.2) is 0 Å². The predicted molar refractivity (Wildman–Crippen MR) is 120 cm³/mol. The quantitative estimate of drug-likeness (QED) is 0.326. The smallest absolute Gasteiger partial charge is 0.328 e. The molecule has 2 saturated heterocycles. The molecule has 2 fully saturated rings. The van der Waals surface area contributed by atoms with Crippen molar-refractivity contribution in [1.29, 1.82) is 0 Å². The number of ketones is 1. The van der Waals surface area contributed by atoms with Gasteiger partial charge in [0.05, 0.1) is 6.10 Å². The van der Waals surface area contributed by atoms with Gasteiger partial charge in [0.1, 0.15) is 25.1 Å². The summed E-state index contributed by atoms with van der Waals surface area (Å²) in [5.74, 6) is -0.543. The van der Waals surface area contributed by atoms with E-state index in [1.54, 1.807) is 0 Å². The second-order valence-corrected chi connectivity index (χ2v) is 8.96. The van der Waals surface area contributed by atoms with Gasteiger partial charge in [0.25, 0.3) is 0 Å². The molecular formula is C23H41N3O6. The van der Waals surface area contributed by atoms with Crippen LogP contribution in [0, 0.1) is 0 Å². The average Bonchev–Trinajstić information content (AvgIpc) is 3.15. The van der Waals surface area contributed by atoms with E-state index in [1.165, 1.54) is 48.3 Å². The fourth-order valence-corrected chi connectivity index (χ4v) is 4.30. The lowest BCUT2D eigenvalue weighted by Gasteiger charge is -2.38. The number of aliphatic hydroxyl groups is 2.